The highest BCUT2D eigenvalue weighted by molar-refractivity contribution is 6.30. The Morgan fingerprint density at radius 3 is 2.53 bits per heavy atom. The van der Waals surface area contributed by atoms with Crippen molar-refractivity contribution in [2.24, 2.45) is 0 Å². The van der Waals surface area contributed by atoms with Gasteiger partial charge in [-0.15, -0.1) is 0 Å². The van der Waals surface area contributed by atoms with Crippen molar-refractivity contribution in [3.63, 3.8) is 0 Å². The van der Waals surface area contributed by atoms with Crippen molar-refractivity contribution >= 4 is 17.5 Å². The molecule has 0 bridgehead atoms. The van der Waals surface area contributed by atoms with Crippen molar-refractivity contribution in [1.29, 1.82) is 0 Å². The lowest BCUT2D eigenvalue weighted by Crippen LogP contribution is -2.38. The Morgan fingerprint density at radius 1 is 1.07 bits per heavy atom. The van der Waals surface area contributed by atoms with Gasteiger partial charge in [-0.1, -0.05) is 30.2 Å². The molecule has 1 amide bonds. The number of aromatic nitrogens is 2. The Balaban J connectivity index is 1.58. The van der Waals surface area contributed by atoms with Crippen molar-refractivity contribution in [1.82, 2.24) is 20.0 Å². The van der Waals surface area contributed by atoms with E-state index in [1.807, 2.05) is 0 Å². The Hall–Kier alpha value is -2.70. The number of amides is 1. The molecule has 0 saturated carbocycles. The molecule has 30 heavy (non-hydrogen) atoms. The first-order valence-electron chi connectivity index (χ1n) is 10.2. The zero-order valence-corrected chi connectivity index (χ0v) is 17.4. The number of nitrogens with one attached hydrogen (secondary N) is 1. The number of benzene rings is 2. The van der Waals surface area contributed by atoms with Gasteiger partial charge >= 0.3 is 0 Å². The monoisotopic (exact) mass is 426 g/mol. The Kier molecular flexibility index (Phi) is 6.45. The Labute approximate surface area is 180 Å². The molecule has 1 aromatic heterocycles. The van der Waals surface area contributed by atoms with Gasteiger partial charge in [0.1, 0.15) is 11.5 Å². The second-order valence-corrected chi connectivity index (χ2v) is 7.88. The number of likely N-dealkylation sites (tertiary alicyclic amines) is 1. The van der Waals surface area contributed by atoms with E-state index in [1.165, 1.54) is 30.0 Å². The molecule has 4 rings (SSSR count). The van der Waals surface area contributed by atoms with Gasteiger partial charge in [-0.05, 0) is 68.4 Å². The van der Waals surface area contributed by atoms with E-state index < -0.39 is 0 Å². The fraction of sp³-hybridized carbons (Fsp3) is 0.304. The maximum Gasteiger partial charge on any atom is 0.270 e. The lowest BCUT2D eigenvalue weighted by atomic mass is 10.1. The summed E-state index contributed by atoms with van der Waals surface area (Å²) in [7, 11) is 0. The number of nitrogens with zero attached hydrogens (tertiary/aromatic N) is 3. The predicted molar refractivity (Wildman–Crippen MR) is 117 cm³/mol. The van der Waals surface area contributed by atoms with Crippen molar-refractivity contribution in [3.8, 4) is 16.9 Å². The molecule has 1 saturated heterocycles. The van der Waals surface area contributed by atoms with E-state index in [0.717, 1.165) is 19.6 Å². The van der Waals surface area contributed by atoms with Crippen molar-refractivity contribution < 1.29 is 9.18 Å². The number of halogens is 2. The number of rotatable bonds is 6. The second-order valence-electron chi connectivity index (χ2n) is 7.44. The van der Waals surface area contributed by atoms with E-state index in [-0.39, 0.29) is 11.7 Å². The van der Waals surface area contributed by atoms with Crippen LogP contribution in [0.5, 0.6) is 0 Å². The lowest BCUT2D eigenvalue weighted by Gasteiger charge is -2.26. The van der Waals surface area contributed by atoms with Crippen LogP contribution in [0.15, 0.2) is 54.6 Å². The molecule has 2 heterocycles. The highest BCUT2D eigenvalue weighted by Gasteiger charge is 2.19. The van der Waals surface area contributed by atoms with E-state index in [2.05, 4.69) is 15.3 Å². The van der Waals surface area contributed by atoms with E-state index in [4.69, 9.17) is 11.6 Å². The summed E-state index contributed by atoms with van der Waals surface area (Å²) in [6.07, 6.45) is 3.70. The molecule has 1 fully saturated rings. The van der Waals surface area contributed by atoms with Gasteiger partial charge in [-0.25, -0.2) is 9.07 Å². The highest BCUT2D eigenvalue weighted by atomic mass is 35.5. The molecule has 5 nitrogen and oxygen atoms in total. The Morgan fingerprint density at radius 2 is 1.80 bits per heavy atom. The van der Waals surface area contributed by atoms with Gasteiger partial charge in [0.25, 0.3) is 5.91 Å². The summed E-state index contributed by atoms with van der Waals surface area (Å²) in [6, 6.07) is 15.1. The normalized spacial score (nSPS) is 14.6. The summed E-state index contributed by atoms with van der Waals surface area (Å²) >= 11 is 6.00. The van der Waals surface area contributed by atoms with Crippen LogP contribution < -0.4 is 5.32 Å². The molecule has 2 aromatic carbocycles. The summed E-state index contributed by atoms with van der Waals surface area (Å²) < 4.78 is 15.8. The number of carbonyl (C=O) groups excluding carboxylic acids is 1. The van der Waals surface area contributed by atoms with Crippen LogP contribution in [0.4, 0.5) is 4.39 Å². The molecule has 0 spiro atoms. The van der Waals surface area contributed by atoms with E-state index in [0.29, 0.717) is 34.2 Å². The predicted octanol–water partition coefficient (Wildman–Crippen LogP) is 4.55. The van der Waals surface area contributed by atoms with Crippen LogP contribution in [0.25, 0.3) is 16.9 Å². The van der Waals surface area contributed by atoms with E-state index in [1.54, 1.807) is 48.5 Å². The number of hydrogen-bond acceptors (Lipinski definition) is 3. The number of carbonyl (C=O) groups is 1. The SMILES string of the molecule is O=C(NCCN1CCCCC1)c1cc(-c2ccccc2F)nn1-c1ccc(Cl)cc1. The average Bonchev–Trinajstić information content (AvgIpc) is 3.20. The summed E-state index contributed by atoms with van der Waals surface area (Å²) in [5.41, 5.74) is 1.80. The minimum absolute atomic E-state index is 0.239. The van der Waals surface area contributed by atoms with Crippen LogP contribution in [-0.2, 0) is 0 Å². The molecular weight excluding hydrogens is 403 g/mol. The first-order valence-corrected chi connectivity index (χ1v) is 10.6. The minimum Gasteiger partial charge on any atom is -0.349 e. The first-order chi connectivity index (χ1) is 14.6. The standard InChI is InChI=1S/C23H24ClFN4O/c24-17-8-10-18(11-9-17)29-22(16-21(27-29)19-6-2-3-7-20(19)25)23(30)26-12-15-28-13-4-1-5-14-28/h2-3,6-11,16H,1,4-5,12-15H2,(H,26,30). The summed E-state index contributed by atoms with van der Waals surface area (Å²) in [5, 5.41) is 8.10. The van der Waals surface area contributed by atoms with Crippen LogP contribution in [-0.4, -0.2) is 46.8 Å². The third-order valence-electron chi connectivity index (χ3n) is 5.33. The fourth-order valence-corrected chi connectivity index (χ4v) is 3.85. The fourth-order valence-electron chi connectivity index (χ4n) is 3.72. The third-order valence-corrected chi connectivity index (χ3v) is 5.58. The lowest BCUT2D eigenvalue weighted by molar-refractivity contribution is 0.0939. The quantitative estimate of drug-likeness (QED) is 0.629. The maximum absolute atomic E-state index is 14.3. The molecule has 0 atom stereocenters. The smallest absolute Gasteiger partial charge is 0.270 e. The van der Waals surface area contributed by atoms with E-state index in [9.17, 15) is 9.18 Å². The van der Waals surface area contributed by atoms with Crippen LogP contribution >= 0.6 is 11.6 Å². The third kappa shape index (κ3) is 4.71. The first kappa shape index (κ1) is 20.6. The topological polar surface area (TPSA) is 50.2 Å². The number of piperidine rings is 1. The molecule has 3 aromatic rings. The van der Waals surface area contributed by atoms with Gasteiger partial charge in [-0.2, -0.15) is 5.10 Å². The molecule has 0 radical (unpaired) electrons. The molecule has 0 unspecified atom stereocenters. The van der Waals surface area contributed by atoms with Gasteiger partial charge in [0.2, 0.25) is 0 Å². The van der Waals surface area contributed by atoms with Gasteiger partial charge in [0, 0.05) is 23.7 Å². The molecule has 7 heteroatoms. The molecule has 156 valence electrons. The van der Waals surface area contributed by atoms with Crippen LogP contribution in [0.3, 0.4) is 0 Å². The molecule has 1 aliphatic rings. The maximum atomic E-state index is 14.3. The van der Waals surface area contributed by atoms with Crippen LogP contribution in [0, 0.1) is 5.82 Å². The second kappa shape index (κ2) is 9.41. The largest absolute Gasteiger partial charge is 0.349 e. The van der Waals surface area contributed by atoms with Gasteiger partial charge in [0.15, 0.2) is 0 Å². The summed E-state index contributed by atoms with van der Waals surface area (Å²) in [5.74, 6) is -0.618. The number of hydrogen-bond donors (Lipinski definition) is 1. The highest BCUT2D eigenvalue weighted by Crippen LogP contribution is 2.25. The van der Waals surface area contributed by atoms with Crippen molar-refractivity contribution in [2.45, 2.75) is 19.3 Å². The molecular formula is C23H24ClFN4O. The van der Waals surface area contributed by atoms with Crippen molar-refractivity contribution in [2.75, 3.05) is 26.2 Å². The molecule has 1 aliphatic heterocycles. The average molecular weight is 427 g/mol. The van der Waals surface area contributed by atoms with Crippen LogP contribution in [0.1, 0.15) is 29.8 Å². The molecule has 1 N–H and O–H groups in total. The van der Waals surface area contributed by atoms with Crippen LogP contribution in [0.2, 0.25) is 5.02 Å². The molecule has 0 aliphatic carbocycles. The summed E-state index contributed by atoms with van der Waals surface area (Å²) in [4.78, 5) is 15.3. The van der Waals surface area contributed by atoms with Gasteiger partial charge < -0.3 is 10.2 Å². The Bertz CT molecular complexity index is 1010. The zero-order chi connectivity index (χ0) is 20.9. The minimum atomic E-state index is -0.379. The van der Waals surface area contributed by atoms with Gasteiger partial charge in [-0.3, -0.25) is 4.79 Å². The van der Waals surface area contributed by atoms with Crippen molar-refractivity contribution in [3.05, 3.63) is 71.1 Å². The zero-order valence-electron chi connectivity index (χ0n) is 16.7. The van der Waals surface area contributed by atoms with Gasteiger partial charge in [0.05, 0.1) is 11.4 Å². The summed E-state index contributed by atoms with van der Waals surface area (Å²) in [6.45, 7) is 3.53. The van der Waals surface area contributed by atoms with E-state index >= 15 is 0 Å².